The van der Waals surface area contributed by atoms with Gasteiger partial charge in [0.15, 0.2) is 0 Å². The minimum Gasteiger partial charge on any atom is -0.296 e. The van der Waals surface area contributed by atoms with Gasteiger partial charge in [-0.25, -0.2) is 0 Å². The smallest absolute Gasteiger partial charge is 0.133 e. The Morgan fingerprint density at radius 2 is 1.90 bits per heavy atom. The van der Waals surface area contributed by atoms with Gasteiger partial charge in [0.2, 0.25) is 0 Å². The molecule has 2 nitrogen and oxygen atoms in total. The van der Waals surface area contributed by atoms with Crippen molar-refractivity contribution in [3.63, 3.8) is 0 Å². The highest BCUT2D eigenvalue weighted by atomic mass is 32.2. The van der Waals surface area contributed by atoms with Gasteiger partial charge in [-0.1, -0.05) is 58.0 Å². The summed E-state index contributed by atoms with van der Waals surface area (Å²) in [6.45, 7) is 9.61. The van der Waals surface area contributed by atoms with Crippen LogP contribution in [0, 0.1) is 17.2 Å². The number of hydrogen-bond acceptors (Lipinski definition) is 3. The molecule has 20 heavy (non-hydrogen) atoms. The van der Waals surface area contributed by atoms with Crippen molar-refractivity contribution in [2.45, 2.75) is 44.9 Å². The normalized spacial score (nSPS) is 15.6. The fraction of sp³-hybridized carbons (Fsp3) is 0.588. The van der Waals surface area contributed by atoms with E-state index in [1.807, 2.05) is 42.1 Å². The molecule has 0 aliphatic rings. The number of nitrogens with one attached hydrogen (secondary N) is 1. The monoisotopic (exact) mass is 290 g/mol. The van der Waals surface area contributed by atoms with Crippen LogP contribution in [0.3, 0.4) is 0 Å². The summed E-state index contributed by atoms with van der Waals surface area (Å²) in [6, 6.07) is 12.6. The summed E-state index contributed by atoms with van der Waals surface area (Å²) in [4.78, 5) is 0. The Bertz CT molecular complexity index is 424. The topological polar surface area (TPSA) is 35.8 Å². The van der Waals surface area contributed by atoms with E-state index in [2.05, 4.69) is 39.1 Å². The van der Waals surface area contributed by atoms with Crippen LogP contribution in [0.2, 0.25) is 0 Å². The Labute approximate surface area is 128 Å². The molecule has 0 radical (unpaired) electrons. The standard InChI is InChI=1S/C17H26N2S/c1-5-19-17(13-18,16-9-7-6-8-10-16)11-12-20-15(4)14(2)3/h6-10,14-15,19H,5,11-12H2,1-4H3. The maximum atomic E-state index is 9.71. The molecule has 110 valence electrons. The molecule has 0 aliphatic heterocycles. The third-order valence-corrected chi connectivity index (χ3v) is 5.24. The van der Waals surface area contributed by atoms with Crippen molar-refractivity contribution in [1.82, 2.24) is 5.32 Å². The highest BCUT2D eigenvalue weighted by Gasteiger charge is 2.30. The van der Waals surface area contributed by atoms with Gasteiger partial charge in [0, 0.05) is 5.25 Å². The second-order valence-corrected chi connectivity index (χ2v) is 6.97. The zero-order valence-corrected chi connectivity index (χ0v) is 13.8. The first-order valence-electron chi connectivity index (χ1n) is 7.39. The van der Waals surface area contributed by atoms with Gasteiger partial charge in [-0.3, -0.25) is 5.32 Å². The molecule has 0 fully saturated rings. The molecule has 1 aromatic carbocycles. The summed E-state index contributed by atoms with van der Waals surface area (Å²) >= 11 is 1.96. The van der Waals surface area contributed by atoms with Gasteiger partial charge in [0.05, 0.1) is 6.07 Å². The molecule has 0 aromatic heterocycles. The molecule has 0 aliphatic carbocycles. The van der Waals surface area contributed by atoms with E-state index >= 15 is 0 Å². The maximum Gasteiger partial charge on any atom is 0.133 e. The Hall–Kier alpha value is -0.980. The second kappa shape index (κ2) is 8.34. The van der Waals surface area contributed by atoms with Crippen molar-refractivity contribution >= 4 is 11.8 Å². The lowest BCUT2D eigenvalue weighted by Gasteiger charge is -2.29. The van der Waals surface area contributed by atoms with Gasteiger partial charge in [0.1, 0.15) is 5.54 Å². The summed E-state index contributed by atoms with van der Waals surface area (Å²) in [5.74, 6) is 1.67. The molecule has 1 aromatic rings. The molecule has 0 spiro atoms. The minimum absolute atomic E-state index is 0.556. The lowest BCUT2D eigenvalue weighted by atomic mass is 9.88. The molecule has 2 atom stereocenters. The molecule has 0 bridgehead atoms. The third kappa shape index (κ3) is 4.54. The van der Waals surface area contributed by atoms with E-state index in [1.54, 1.807) is 0 Å². The Kier molecular flexibility index (Phi) is 7.12. The molecule has 1 rings (SSSR count). The molecular formula is C17H26N2S. The largest absolute Gasteiger partial charge is 0.296 e. The van der Waals surface area contributed by atoms with Crippen LogP contribution in [0.15, 0.2) is 30.3 Å². The van der Waals surface area contributed by atoms with E-state index < -0.39 is 5.54 Å². The average Bonchev–Trinajstić information content (AvgIpc) is 2.47. The van der Waals surface area contributed by atoms with Crippen LogP contribution in [0.25, 0.3) is 0 Å². The molecule has 0 saturated heterocycles. The Morgan fingerprint density at radius 1 is 1.25 bits per heavy atom. The van der Waals surface area contributed by atoms with Crippen LogP contribution in [0.5, 0.6) is 0 Å². The quantitative estimate of drug-likeness (QED) is 0.780. The fourth-order valence-electron chi connectivity index (χ4n) is 2.11. The van der Waals surface area contributed by atoms with E-state index in [-0.39, 0.29) is 0 Å². The van der Waals surface area contributed by atoms with Crippen LogP contribution in [0.1, 0.15) is 39.7 Å². The molecule has 0 heterocycles. The summed E-state index contributed by atoms with van der Waals surface area (Å²) in [7, 11) is 0. The molecule has 1 N–H and O–H groups in total. The highest BCUT2D eigenvalue weighted by molar-refractivity contribution is 7.99. The molecule has 0 saturated carbocycles. The van der Waals surface area contributed by atoms with Gasteiger partial charge in [-0.05, 0) is 30.2 Å². The van der Waals surface area contributed by atoms with Crippen molar-refractivity contribution in [2.24, 2.45) is 5.92 Å². The van der Waals surface area contributed by atoms with Crippen molar-refractivity contribution < 1.29 is 0 Å². The number of nitrogens with zero attached hydrogens (tertiary/aromatic N) is 1. The van der Waals surface area contributed by atoms with Crippen LogP contribution in [-0.4, -0.2) is 17.5 Å². The van der Waals surface area contributed by atoms with Gasteiger partial charge in [0.25, 0.3) is 0 Å². The minimum atomic E-state index is -0.556. The van der Waals surface area contributed by atoms with E-state index in [9.17, 15) is 5.26 Å². The predicted molar refractivity (Wildman–Crippen MR) is 88.8 cm³/mol. The first kappa shape index (κ1) is 17.1. The Balaban J connectivity index is 2.78. The SMILES string of the molecule is CCNC(C#N)(CCSC(C)C(C)C)c1ccccc1. The van der Waals surface area contributed by atoms with E-state index in [4.69, 9.17) is 0 Å². The van der Waals surface area contributed by atoms with Gasteiger partial charge in [-0.2, -0.15) is 17.0 Å². The second-order valence-electron chi connectivity index (χ2n) is 5.48. The summed E-state index contributed by atoms with van der Waals surface area (Å²) in [5, 5.41) is 13.7. The van der Waals surface area contributed by atoms with Crippen LogP contribution in [0.4, 0.5) is 0 Å². The van der Waals surface area contributed by atoms with Crippen molar-refractivity contribution in [3.05, 3.63) is 35.9 Å². The summed E-state index contributed by atoms with van der Waals surface area (Å²) in [6.07, 6.45) is 0.836. The third-order valence-electron chi connectivity index (χ3n) is 3.73. The van der Waals surface area contributed by atoms with Crippen molar-refractivity contribution in [1.29, 1.82) is 5.26 Å². The fourth-order valence-corrected chi connectivity index (χ4v) is 3.29. The lowest BCUT2D eigenvalue weighted by Crippen LogP contribution is -2.41. The van der Waals surface area contributed by atoms with E-state index in [0.717, 1.165) is 24.3 Å². The number of thioether (sulfide) groups is 1. The number of rotatable bonds is 8. The lowest BCUT2D eigenvalue weighted by molar-refractivity contribution is 0.428. The van der Waals surface area contributed by atoms with Gasteiger partial charge >= 0.3 is 0 Å². The summed E-state index contributed by atoms with van der Waals surface area (Å²) < 4.78 is 0. The average molecular weight is 290 g/mol. The van der Waals surface area contributed by atoms with Crippen LogP contribution >= 0.6 is 11.8 Å². The predicted octanol–water partition coefficient (Wildman–Crippen LogP) is 4.18. The zero-order chi connectivity index (χ0) is 15.0. The van der Waals surface area contributed by atoms with Crippen molar-refractivity contribution in [2.75, 3.05) is 12.3 Å². The zero-order valence-electron chi connectivity index (χ0n) is 13.0. The van der Waals surface area contributed by atoms with Crippen LogP contribution < -0.4 is 5.32 Å². The Morgan fingerprint density at radius 3 is 2.40 bits per heavy atom. The van der Waals surface area contributed by atoms with Gasteiger partial charge in [-0.15, -0.1) is 0 Å². The van der Waals surface area contributed by atoms with Gasteiger partial charge < -0.3 is 0 Å². The van der Waals surface area contributed by atoms with Crippen molar-refractivity contribution in [3.8, 4) is 6.07 Å². The molecule has 0 amide bonds. The number of benzene rings is 1. The highest BCUT2D eigenvalue weighted by Crippen LogP contribution is 2.28. The van der Waals surface area contributed by atoms with Crippen LogP contribution in [-0.2, 0) is 5.54 Å². The van der Waals surface area contributed by atoms with E-state index in [0.29, 0.717) is 11.2 Å². The molecular weight excluding hydrogens is 264 g/mol. The molecule has 2 unspecified atom stereocenters. The first-order chi connectivity index (χ1) is 9.55. The number of nitriles is 1. The first-order valence-corrected chi connectivity index (χ1v) is 8.44. The summed E-state index contributed by atoms with van der Waals surface area (Å²) in [5.41, 5.74) is 0.516. The number of hydrogen-bond donors (Lipinski definition) is 1. The maximum absolute atomic E-state index is 9.71. The van der Waals surface area contributed by atoms with E-state index in [1.165, 1.54) is 0 Å². The molecule has 3 heteroatoms.